The summed E-state index contributed by atoms with van der Waals surface area (Å²) in [5.41, 5.74) is 2.24. The van der Waals surface area contributed by atoms with Gasteiger partial charge in [-0.3, -0.25) is 9.63 Å². The maximum Gasteiger partial charge on any atom is 0.438 e. The largest absolute Gasteiger partial charge is 0.506 e. The summed E-state index contributed by atoms with van der Waals surface area (Å²) in [7, 11) is 2.68. The first kappa shape index (κ1) is 34.9. The molecule has 13 heteroatoms. The number of nitrogens with one attached hydrogen (secondary N) is 1. The van der Waals surface area contributed by atoms with E-state index in [1.54, 1.807) is 47.3 Å². The lowest BCUT2D eigenvalue weighted by molar-refractivity contribution is -0.126. The number of benzene rings is 3. The maximum atomic E-state index is 12.4. The van der Waals surface area contributed by atoms with Gasteiger partial charge in [-0.05, 0) is 55.3 Å². The van der Waals surface area contributed by atoms with Crippen molar-refractivity contribution >= 4 is 58.2 Å². The van der Waals surface area contributed by atoms with Crippen molar-refractivity contribution in [1.82, 2.24) is 9.78 Å². The van der Waals surface area contributed by atoms with Crippen molar-refractivity contribution in [2.24, 2.45) is 5.41 Å². The van der Waals surface area contributed by atoms with Gasteiger partial charge in [-0.2, -0.15) is 5.06 Å². The summed E-state index contributed by atoms with van der Waals surface area (Å²) >= 11 is 17.8. The first-order chi connectivity index (χ1) is 22.1. The van der Waals surface area contributed by atoms with Crippen molar-refractivity contribution in [3.63, 3.8) is 0 Å². The molecule has 0 radical (unpaired) electrons. The normalized spacial score (nSPS) is 13.6. The summed E-state index contributed by atoms with van der Waals surface area (Å²) in [5, 5.41) is 18.6. The molecule has 2 N–H and O–H groups in total. The molecule has 0 atom stereocenters. The number of hydroxylamine groups is 1. The highest BCUT2D eigenvalue weighted by Gasteiger charge is 2.35. The van der Waals surface area contributed by atoms with Gasteiger partial charge in [-0.15, -0.1) is 5.10 Å². The van der Waals surface area contributed by atoms with Gasteiger partial charge in [0.2, 0.25) is 11.8 Å². The molecule has 3 aromatic carbocycles. The third-order valence-corrected chi connectivity index (χ3v) is 8.70. The number of rotatable bonds is 8. The van der Waals surface area contributed by atoms with E-state index in [4.69, 9.17) is 49.1 Å². The zero-order chi connectivity index (χ0) is 33.3. The van der Waals surface area contributed by atoms with E-state index in [-0.39, 0.29) is 33.7 Å². The topological polar surface area (TPSA) is 115 Å². The second-order valence-electron chi connectivity index (χ2n) is 10.8. The number of halogens is 3. The lowest BCUT2D eigenvalue weighted by Crippen LogP contribution is -2.35. The third-order valence-electron chi connectivity index (χ3n) is 7.58. The molecule has 10 nitrogen and oxygen atoms in total. The van der Waals surface area contributed by atoms with E-state index in [2.05, 4.69) is 10.4 Å². The number of amides is 2. The smallest absolute Gasteiger partial charge is 0.438 e. The Balaban J connectivity index is 0.000000222. The van der Waals surface area contributed by atoms with E-state index in [1.807, 2.05) is 31.2 Å². The van der Waals surface area contributed by atoms with Crippen molar-refractivity contribution in [3.8, 4) is 17.3 Å². The fraction of sp³-hybridized carbons (Fsp3) is 0.303. The zero-order valence-electron chi connectivity index (χ0n) is 25.6. The van der Waals surface area contributed by atoms with Crippen LogP contribution in [0.2, 0.25) is 15.1 Å². The Kier molecular flexibility index (Phi) is 12.2. The molecule has 0 unspecified atom stereocenters. The molecule has 244 valence electrons. The second kappa shape index (κ2) is 16.0. The minimum atomic E-state index is -0.628. The molecular formula is C33H35Cl3N4O6. The second-order valence-corrected chi connectivity index (χ2v) is 12.0. The number of para-hydroxylation sites is 1. The summed E-state index contributed by atoms with van der Waals surface area (Å²) in [5.74, 6) is 0.325. The van der Waals surface area contributed by atoms with Crippen LogP contribution in [0.15, 0.2) is 72.9 Å². The molecule has 1 heterocycles. The van der Waals surface area contributed by atoms with E-state index in [0.717, 1.165) is 42.0 Å². The fourth-order valence-electron chi connectivity index (χ4n) is 4.93. The van der Waals surface area contributed by atoms with Crippen molar-refractivity contribution in [2.75, 3.05) is 24.6 Å². The number of phenolic OH excluding ortho intramolecular Hbond substituents is 1. The van der Waals surface area contributed by atoms with Gasteiger partial charge in [0.15, 0.2) is 0 Å². The Bertz CT molecular complexity index is 1640. The molecule has 4 aromatic rings. The third kappa shape index (κ3) is 8.64. The summed E-state index contributed by atoms with van der Waals surface area (Å²) in [6.07, 6.45) is 6.29. The van der Waals surface area contributed by atoms with Crippen LogP contribution >= 0.6 is 34.8 Å². The number of ether oxygens (including phenoxy) is 2. The minimum absolute atomic E-state index is 0.0316. The highest BCUT2D eigenvalue weighted by atomic mass is 35.5. The van der Waals surface area contributed by atoms with Crippen molar-refractivity contribution in [3.05, 3.63) is 93.6 Å². The SMILES string of the molecule is CC1(C(=O)Nc2ccc(O)c(Cl)c2Cl)CCCCC1.COC(=O)N(OC)c1ccccc1COc1ccn(-c2ccc(Cl)cc2)n1. The molecule has 0 bridgehead atoms. The molecule has 0 spiro atoms. The molecule has 0 saturated heterocycles. The molecule has 0 aliphatic heterocycles. The Morgan fingerprint density at radius 2 is 1.65 bits per heavy atom. The first-order valence-electron chi connectivity index (χ1n) is 14.5. The molecule has 2 amide bonds. The van der Waals surface area contributed by atoms with Crippen LogP contribution in [0, 0.1) is 5.41 Å². The van der Waals surface area contributed by atoms with Crippen molar-refractivity contribution in [1.29, 1.82) is 0 Å². The minimum Gasteiger partial charge on any atom is -0.506 e. The van der Waals surface area contributed by atoms with E-state index in [1.165, 1.54) is 26.7 Å². The number of anilines is 2. The predicted octanol–water partition coefficient (Wildman–Crippen LogP) is 8.85. The summed E-state index contributed by atoms with van der Waals surface area (Å²) in [6, 6.07) is 19.3. The number of hydrogen-bond acceptors (Lipinski definition) is 7. The lowest BCUT2D eigenvalue weighted by Gasteiger charge is -2.32. The highest BCUT2D eigenvalue weighted by molar-refractivity contribution is 6.44. The van der Waals surface area contributed by atoms with Crippen LogP contribution in [0.1, 0.15) is 44.6 Å². The van der Waals surface area contributed by atoms with Crippen LogP contribution < -0.4 is 15.1 Å². The van der Waals surface area contributed by atoms with Crippen LogP contribution in [0.3, 0.4) is 0 Å². The zero-order valence-corrected chi connectivity index (χ0v) is 27.9. The number of carbonyl (C=O) groups is 2. The van der Waals surface area contributed by atoms with Gasteiger partial charge in [0, 0.05) is 28.3 Å². The van der Waals surface area contributed by atoms with Crippen LogP contribution in [-0.2, 0) is 21.0 Å². The first-order valence-corrected chi connectivity index (χ1v) is 15.6. The van der Waals surface area contributed by atoms with Gasteiger partial charge in [-0.1, -0.05) is 79.2 Å². The molecule has 1 aliphatic rings. The van der Waals surface area contributed by atoms with Crippen molar-refractivity contribution in [2.45, 2.75) is 45.6 Å². The predicted molar refractivity (Wildman–Crippen MR) is 179 cm³/mol. The Labute approximate surface area is 282 Å². The molecular weight excluding hydrogens is 655 g/mol. The summed E-state index contributed by atoms with van der Waals surface area (Å²) < 4.78 is 12.2. The number of aromatic nitrogens is 2. The van der Waals surface area contributed by atoms with E-state index in [0.29, 0.717) is 22.3 Å². The molecule has 46 heavy (non-hydrogen) atoms. The summed E-state index contributed by atoms with van der Waals surface area (Å²) in [4.78, 5) is 29.4. The molecule has 1 aliphatic carbocycles. The molecule has 1 saturated carbocycles. The van der Waals surface area contributed by atoms with E-state index >= 15 is 0 Å². The molecule has 1 aromatic heterocycles. The van der Waals surface area contributed by atoms with Gasteiger partial charge < -0.3 is 19.9 Å². The number of aromatic hydroxyl groups is 1. The van der Waals surface area contributed by atoms with Crippen molar-refractivity contribution < 1.29 is 29.0 Å². The van der Waals surface area contributed by atoms with Gasteiger partial charge >= 0.3 is 6.09 Å². The quantitative estimate of drug-likeness (QED) is 0.140. The number of methoxy groups -OCH3 is 1. The molecule has 1 fully saturated rings. The number of phenols is 1. The number of nitrogens with zero attached hydrogens (tertiary/aromatic N) is 3. The average molecular weight is 690 g/mol. The Morgan fingerprint density at radius 1 is 0.957 bits per heavy atom. The standard InChI is InChI=1S/C19H18ClN3O4.C14H17Cl2NO2/c1-25-19(24)23(26-2)17-6-4-3-5-14(17)13-27-18-11-12-22(21-18)16-9-7-15(20)8-10-16;1-14(7-3-2-4-8-14)13(19)17-9-5-6-10(18)12(16)11(9)15/h3-12H,13H2,1-2H3;5-6,18H,2-4,7-8H2,1H3,(H,17,19). The summed E-state index contributed by atoms with van der Waals surface area (Å²) in [6.45, 7) is 2.18. The van der Waals surface area contributed by atoms with Gasteiger partial charge in [0.25, 0.3) is 0 Å². The monoisotopic (exact) mass is 688 g/mol. The Hall–Kier alpha value is -3.96. The lowest BCUT2D eigenvalue weighted by atomic mass is 9.75. The number of hydrogen-bond donors (Lipinski definition) is 2. The van der Waals surface area contributed by atoms with Crippen LogP contribution in [0.4, 0.5) is 16.2 Å². The number of carbonyl (C=O) groups excluding carboxylic acids is 2. The average Bonchev–Trinajstić information content (AvgIpc) is 3.55. The van der Waals surface area contributed by atoms with Crippen LogP contribution in [0.5, 0.6) is 11.6 Å². The van der Waals surface area contributed by atoms with Crippen LogP contribution in [0.25, 0.3) is 5.69 Å². The fourth-order valence-corrected chi connectivity index (χ4v) is 5.42. The molecule has 5 rings (SSSR count). The van der Waals surface area contributed by atoms with Gasteiger partial charge in [0.1, 0.15) is 17.4 Å². The highest BCUT2D eigenvalue weighted by Crippen LogP contribution is 2.40. The Morgan fingerprint density at radius 3 is 2.33 bits per heavy atom. The van der Waals surface area contributed by atoms with Gasteiger partial charge in [0.05, 0.1) is 36.3 Å². The van der Waals surface area contributed by atoms with Crippen LogP contribution in [-0.4, -0.2) is 41.1 Å². The maximum absolute atomic E-state index is 12.4. The van der Waals surface area contributed by atoms with Gasteiger partial charge in [-0.25, -0.2) is 9.48 Å². The van der Waals surface area contributed by atoms with E-state index in [9.17, 15) is 14.7 Å². The van der Waals surface area contributed by atoms with E-state index < -0.39 is 6.09 Å².